The van der Waals surface area contributed by atoms with Gasteiger partial charge in [0.15, 0.2) is 0 Å². The summed E-state index contributed by atoms with van der Waals surface area (Å²) in [6, 6.07) is 51.3. The summed E-state index contributed by atoms with van der Waals surface area (Å²) in [6.07, 6.45) is 7.36. The topological polar surface area (TPSA) is 6.48 Å². The molecule has 0 saturated carbocycles. The van der Waals surface area contributed by atoms with Gasteiger partial charge in [-0.15, -0.1) is 0 Å². The second-order valence-electron chi connectivity index (χ2n) is 14.5. The number of aryl methyl sites for hydroxylation is 6. The van der Waals surface area contributed by atoms with Gasteiger partial charge in [0.1, 0.15) is 5.54 Å². The molecule has 7 rings (SSSR count). The third-order valence-corrected chi connectivity index (χ3v) is 10.2. The highest BCUT2D eigenvalue weighted by atomic mass is 15.2. The van der Waals surface area contributed by atoms with E-state index in [9.17, 15) is 0 Å². The van der Waals surface area contributed by atoms with Crippen LogP contribution in [-0.2, 0) is 5.54 Å². The monoisotopic (exact) mass is 664 g/mol. The normalized spacial score (nSPS) is 16.8. The van der Waals surface area contributed by atoms with Gasteiger partial charge in [-0.3, -0.25) is 0 Å². The summed E-state index contributed by atoms with van der Waals surface area (Å²) in [4.78, 5) is 4.93. The smallest absolute Gasteiger partial charge is 0.110 e. The van der Waals surface area contributed by atoms with E-state index in [1.807, 2.05) is 0 Å². The largest absolute Gasteiger partial charge is 0.324 e. The standard InChI is InChI=1S/C49H48N2/c1-34-15-14-16-43(27-34)49(51(45-19-12-9-13-20-45)47-30-37(4)26-38(5)31-47)24-23-42(33-40(49)7)41-21-22-48(39(6)32-41)50(44-17-10-8-11-18-44)46-28-35(2)25-36(3)29-46/h8-33,42H,1-7H3. The predicted molar refractivity (Wildman–Crippen MR) is 218 cm³/mol. The molecule has 2 atom stereocenters. The van der Waals surface area contributed by atoms with E-state index in [1.54, 1.807) is 0 Å². The Kier molecular flexibility index (Phi) is 9.27. The van der Waals surface area contributed by atoms with Gasteiger partial charge in [0.25, 0.3) is 0 Å². The Morgan fingerprint density at radius 2 is 1.06 bits per heavy atom. The fraction of sp³-hybridized carbons (Fsp3) is 0.184. The number of hydrogen-bond donors (Lipinski definition) is 0. The summed E-state index contributed by atoms with van der Waals surface area (Å²) >= 11 is 0. The van der Waals surface area contributed by atoms with Gasteiger partial charge >= 0.3 is 0 Å². The number of allylic oxidation sites excluding steroid dienone is 2. The first-order valence-electron chi connectivity index (χ1n) is 18.1. The maximum absolute atomic E-state index is 2.54. The van der Waals surface area contributed by atoms with Gasteiger partial charge in [0.05, 0.1) is 0 Å². The van der Waals surface area contributed by atoms with Gasteiger partial charge in [0.2, 0.25) is 0 Å². The maximum Gasteiger partial charge on any atom is 0.110 e. The zero-order valence-corrected chi connectivity index (χ0v) is 31.0. The van der Waals surface area contributed by atoms with Crippen molar-refractivity contribution in [2.45, 2.75) is 59.9 Å². The molecule has 0 heterocycles. The van der Waals surface area contributed by atoms with Crippen LogP contribution in [0.1, 0.15) is 57.3 Å². The molecule has 2 unspecified atom stereocenters. The minimum Gasteiger partial charge on any atom is -0.324 e. The number of benzene rings is 6. The molecule has 2 nitrogen and oxygen atoms in total. The molecule has 1 aliphatic rings. The molecule has 51 heavy (non-hydrogen) atoms. The quantitative estimate of drug-likeness (QED) is 0.149. The van der Waals surface area contributed by atoms with E-state index >= 15 is 0 Å². The molecule has 0 aliphatic heterocycles. The van der Waals surface area contributed by atoms with Crippen LogP contribution in [0.25, 0.3) is 0 Å². The number of rotatable bonds is 8. The van der Waals surface area contributed by atoms with Crippen LogP contribution in [-0.4, -0.2) is 0 Å². The predicted octanol–water partition coefficient (Wildman–Crippen LogP) is 13.3. The van der Waals surface area contributed by atoms with Crippen LogP contribution < -0.4 is 9.80 Å². The van der Waals surface area contributed by atoms with E-state index in [-0.39, 0.29) is 5.92 Å². The molecular weight excluding hydrogens is 617 g/mol. The second-order valence-corrected chi connectivity index (χ2v) is 14.5. The highest BCUT2D eigenvalue weighted by molar-refractivity contribution is 5.79. The summed E-state index contributed by atoms with van der Waals surface area (Å²) < 4.78 is 0. The van der Waals surface area contributed by atoms with Crippen molar-refractivity contribution < 1.29 is 0 Å². The highest BCUT2D eigenvalue weighted by Crippen LogP contribution is 2.49. The Labute approximate surface area is 305 Å². The highest BCUT2D eigenvalue weighted by Gasteiger charge is 2.42. The second kappa shape index (κ2) is 14.0. The lowest BCUT2D eigenvalue weighted by atomic mass is 9.74. The lowest BCUT2D eigenvalue weighted by molar-refractivity contribution is 0.617. The Hall–Kier alpha value is -5.60. The van der Waals surface area contributed by atoms with Crippen LogP contribution >= 0.6 is 0 Å². The van der Waals surface area contributed by atoms with Crippen molar-refractivity contribution in [1.29, 1.82) is 0 Å². The summed E-state index contributed by atoms with van der Waals surface area (Å²) in [7, 11) is 0. The van der Waals surface area contributed by atoms with Crippen molar-refractivity contribution in [3.8, 4) is 0 Å². The van der Waals surface area contributed by atoms with Gasteiger partial charge in [-0.05, 0) is 148 Å². The molecule has 0 aromatic heterocycles. The lowest BCUT2D eigenvalue weighted by Gasteiger charge is -2.47. The van der Waals surface area contributed by atoms with Crippen LogP contribution in [0.2, 0.25) is 0 Å². The van der Waals surface area contributed by atoms with Crippen molar-refractivity contribution in [2.24, 2.45) is 0 Å². The van der Waals surface area contributed by atoms with Crippen LogP contribution in [0, 0.1) is 41.5 Å². The van der Waals surface area contributed by atoms with Gasteiger partial charge in [-0.1, -0.05) is 109 Å². The zero-order chi connectivity index (χ0) is 35.7. The molecule has 0 fully saturated rings. The molecule has 6 aromatic carbocycles. The summed E-state index contributed by atoms with van der Waals surface area (Å²) in [5, 5.41) is 0. The molecule has 0 spiro atoms. The fourth-order valence-corrected chi connectivity index (χ4v) is 8.05. The zero-order valence-electron chi connectivity index (χ0n) is 31.0. The Morgan fingerprint density at radius 1 is 0.471 bits per heavy atom. The van der Waals surface area contributed by atoms with Crippen LogP contribution in [0.5, 0.6) is 0 Å². The van der Waals surface area contributed by atoms with Crippen molar-refractivity contribution >= 4 is 28.4 Å². The molecule has 254 valence electrons. The first-order valence-corrected chi connectivity index (χ1v) is 18.1. The summed E-state index contributed by atoms with van der Waals surface area (Å²) in [5.41, 5.74) is 16.7. The molecule has 0 N–H and O–H groups in total. The molecule has 0 bridgehead atoms. The first kappa shape index (κ1) is 33.9. The Balaban J connectivity index is 1.35. The van der Waals surface area contributed by atoms with Crippen LogP contribution in [0.15, 0.2) is 163 Å². The van der Waals surface area contributed by atoms with Gasteiger partial charge < -0.3 is 9.80 Å². The number of anilines is 5. The summed E-state index contributed by atoms with van der Waals surface area (Å²) in [6.45, 7) is 15.5. The molecule has 0 amide bonds. The van der Waals surface area contributed by atoms with E-state index in [1.165, 1.54) is 67.1 Å². The van der Waals surface area contributed by atoms with Gasteiger partial charge in [-0.2, -0.15) is 0 Å². The molecule has 1 aliphatic carbocycles. The van der Waals surface area contributed by atoms with Gasteiger partial charge in [-0.25, -0.2) is 0 Å². The maximum atomic E-state index is 2.54. The first-order chi connectivity index (χ1) is 24.6. The number of hydrogen-bond acceptors (Lipinski definition) is 2. The van der Waals surface area contributed by atoms with Crippen molar-refractivity contribution in [1.82, 2.24) is 0 Å². The average molecular weight is 665 g/mol. The molecular formula is C49H48N2. The van der Waals surface area contributed by atoms with Gasteiger partial charge in [0, 0.05) is 34.4 Å². The number of para-hydroxylation sites is 2. The van der Waals surface area contributed by atoms with E-state index < -0.39 is 5.54 Å². The minimum atomic E-state index is -0.522. The minimum absolute atomic E-state index is 0.138. The molecule has 0 saturated heterocycles. The average Bonchev–Trinajstić information content (AvgIpc) is 3.10. The molecule has 6 aromatic rings. The van der Waals surface area contributed by atoms with E-state index in [2.05, 4.69) is 216 Å². The Morgan fingerprint density at radius 3 is 1.63 bits per heavy atom. The SMILES string of the molecule is CC1=CC(c2ccc(N(c3ccccc3)c3cc(C)cc(C)c3)c(C)c2)C=CC1(c1cccc(C)c1)N(c1ccccc1)c1cc(C)cc(C)c1. The lowest BCUT2D eigenvalue weighted by Crippen LogP contribution is -2.44. The Bertz CT molecular complexity index is 2200. The molecule has 2 heteroatoms. The van der Waals surface area contributed by atoms with E-state index in [0.717, 1.165) is 11.4 Å². The van der Waals surface area contributed by atoms with Crippen molar-refractivity contribution in [2.75, 3.05) is 9.80 Å². The summed E-state index contributed by atoms with van der Waals surface area (Å²) in [5.74, 6) is 0.138. The van der Waals surface area contributed by atoms with Crippen molar-refractivity contribution in [3.05, 3.63) is 208 Å². The van der Waals surface area contributed by atoms with E-state index in [4.69, 9.17) is 0 Å². The number of nitrogens with zero attached hydrogens (tertiary/aromatic N) is 2. The third kappa shape index (κ3) is 6.67. The third-order valence-electron chi connectivity index (χ3n) is 10.2. The van der Waals surface area contributed by atoms with Crippen LogP contribution in [0.3, 0.4) is 0 Å². The van der Waals surface area contributed by atoms with Crippen LogP contribution in [0.4, 0.5) is 28.4 Å². The van der Waals surface area contributed by atoms with E-state index in [0.29, 0.717) is 0 Å². The molecule has 0 radical (unpaired) electrons. The fourth-order valence-electron chi connectivity index (χ4n) is 8.05. The van der Waals surface area contributed by atoms with Crippen molar-refractivity contribution in [3.63, 3.8) is 0 Å².